The van der Waals surface area contributed by atoms with Gasteiger partial charge in [0.05, 0.1) is 6.10 Å². The molecule has 1 heterocycles. The standard InChI is InChI=1S/C11H20O2/c12-11-4-2-1-3-9(7-11)10-5-6-13-8-10/h9-12H,1-8H2. The Morgan fingerprint density at radius 1 is 1.00 bits per heavy atom. The quantitative estimate of drug-likeness (QED) is 0.631. The van der Waals surface area contributed by atoms with Crippen LogP contribution in [-0.4, -0.2) is 24.4 Å². The van der Waals surface area contributed by atoms with E-state index in [9.17, 15) is 5.11 Å². The van der Waals surface area contributed by atoms with Gasteiger partial charge in [0.25, 0.3) is 0 Å². The molecule has 1 aliphatic carbocycles. The van der Waals surface area contributed by atoms with Gasteiger partial charge in [0.15, 0.2) is 0 Å². The minimum absolute atomic E-state index is 0.0342. The molecule has 13 heavy (non-hydrogen) atoms. The van der Waals surface area contributed by atoms with Crippen molar-refractivity contribution in [2.24, 2.45) is 11.8 Å². The average Bonchev–Trinajstić information content (AvgIpc) is 2.56. The zero-order valence-corrected chi connectivity index (χ0v) is 8.24. The van der Waals surface area contributed by atoms with Crippen molar-refractivity contribution in [2.45, 2.75) is 44.6 Å². The Morgan fingerprint density at radius 2 is 1.85 bits per heavy atom. The first-order valence-electron chi connectivity index (χ1n) is 5.62. The number of aliphatic hydroxyl groups is 1. The van der Waals surface area contributed by atoms with Crippen LogP contribution < -0.4 is 0 Å². The molecule has 2 heteroatoms. The van der Waals surface area contributed by atoms with Crippen LogP contribution in [-0.2, 0) is 4.74 Å². The summed E-state index contributed by atoms with van der Waals surface area (Å²) in [6, 6.07) is 0. The molecule has 0 radical (unpaired) electrons. The second-order valence-electron chi connectivity index (χ2n) is 4.56. The third-order valence-corrected chi connectivity index (χ3v) is 3.57. The first kappa shape index (κ1) is 9.47. The van der Waals surface area contributed by atoms with E-state index in [1.807, 2.05) is 0 Å². The predicted octanol–water partition coefficient (Wildman–Crippen LogP) is 1.96. The first-order chi connectivity index (χ1) is 6.36. The van der Waals surface area contributed by atoms with Crippen LogP contribution >= 0.6 is 0 Å². The summed E-state index contributed by atoms with van der Waals surface area (Å²) in [5, 5.41) is 9.68. The lowest BCUT2D eigenvalue weighted by Crippen LogP contribution is -2.19. The number of hydrogen-bond acceptors (Lipinski definition) is 2. The molecule has 2 nitrogen and oxygen atoms in total. The van der Waals surface area contributed by atoms with Gasteiger partial charge in [0, 0.05) is 13.2 Å². The maximum atomic E-state index is 9.68. The van der Waals surface area contributed by atoms with Gasteiger partial charge in [-0.3, -0.25) is 0 Å². The summed E-state index contributed by atoms with van der Waals surface area (Å²) in [6.07, 6.45) is 7.05. The molecule has 1 N–H and O–H groups in total. The van der Waals surface area contributed by atoms with Crippen molar-refractivity contribution >= 4 is 0 Å². The smallest absolute Gasteiger partial charge is 0.0543 e. The van der Waals surface area contributed by atoms with E-state index < -0.39 is 0 Å². The van der Waals surface area contributed by atoms with Crippen LogP contribution in [0.1, 0.15) is 38.5 Å². The van der Waals surface area contributed by atoms with Crippen molar-refractivity contribution in [3.05, 3.63) is 0 Å². The molecule has 1 saturated carbocycles. The normalized spacial score (nSPS) is 41.8. The zero-order chi connectivity index (χ0) is 9.10. The molecule has 3 atom stereocenters. The molecule has 1 aliphatic heterocycles. The van der Waals surface area contributed by atoms with Gasteiger partial charge < -0.3 is 9.84 Å². The topological polar surface area (TPSA) is 29.5 Å². The highest BCUT2D eigenvalue weighted by atomic mass is 16.5. The minimum Gasteiger partial charge on any atom is -0.393 e. The van der Waals surface area contributed by atoms with Gasteiger partial charge in [-0.1, -0.05) is 12.8 Å². The van der Waals surface area contributed by atoms with Crippen molar-refractivity contribution < 1.29 is 9.84 Å². The summed E-state index contributed by atoms with van der Waals surface area (Å²) >= 11 is 0. The Labute approximate surface area is 80.3 Å². The third-order valence-electron chi connectivity index (χ3n) is 3.57. The molecular formula is C11H20O2. The Kier molecular flexibility index (Phi) is 3.23. The zero-order valence-electron chi connectivity index (χ0n) is 8.24. The van der Waals surface area contributed by atoms with Gasteiger partial charge in [0.1, 0.15) is 0 Å². The highest BCUT2D eigenvalue weighted by Gasteiger charge is 2.28. The summed E-state index contributed by atoms with van der Waals surface area (Å²) in [4.78, 5) is 0. The number of rotatable bonds is 1. The van der Waals surface area contributed by atoms with Gasteiger partial charge in [0.2, 0.25) is 0 Å². The van der Waals surface area contributed by atoms with E-state index in [-0.39, 0.29) is 6.10 Å². The second-order valence-corrected chi connectivity index (χ2v) is 4.56. The molecule has 0 spiro atoms. The van der Waals surface area contributed by atoms with E-state index >= 15 is 0 Å². The van der Waals surface area contributed by atoms with E-state index in [1.54, 1.807) is 0 Å². The second kappa shape index (κ2) is 4.43. The van der Waals surface area contributed by atoms with Gasteiger partial charge in [-0.2, -0.15) is 0 Å². The summed E-state index contributed by atoms with van der Waals surface area (Å²) in [6.45, 7) is 1.88. The minimum atomic E-state index is -0.0342. The largest absolute Gasteiger partial charge is 0.393 e. The molecule has 0 bridgehead atoms. The molecule has 0 aromatic rings. The molecule has 76 valence electrons. The molecular weight excluding hydrogens is 164 g/mol. The van der Waals surface area contributed by atoms with Gasteiger partial charge in [-0.25, -0.2) is 0 Å². The molecule has 2 fully saturated rings. The van der Waals surface area contributed by atoms with E-state index in [4.69, 9.17) is 4.74 Å². The van der Waals surface area contributed by atoms with Crippen molar-refractivity contribution in [3.63, 3.8) is 0 Å². The molecule has 3 unspecified atom stereocenters. The summed E-state index contributed by atoms with van der Waals surface area (Å²) < 4.78 is 5.40. The van der Waals surface area contributed by atoms with Gasteiger partial charge >= 0.3 is 0 Å². The molecule has 0 amide bonds. The molecule has 2 rings (SSSR count). The number of aliphatic hydroxyl groups excluding tert-OH is 1. The first-order valence-corrected chi connectivity index (χ1v) is 5.62. The Morgan fingerprint density at radius 3 is 2.62 bits per heavy atom. The van der Waals surface area contributed by atoms with Crippen LogP contribution in [0, 0.1) is 11.8 Å². The maximum absolute atomic E-state index is 9.68. The van der Waals surface area contributed by atoms with Gasteiger partial charge in [-0.05, 0) is 37.5 Å². The van der Waals surface area contributed by atoms with E-state index in [0.29, 0.717) is 0 Å². The summed E-state index contributed by atoms with van der Waals surface area (Å²) in [5.41, 5.74) is 0. The molecule has 2 aliphatic rings. The number of hydrogen-bond donors (Lipinski definition) is 1. The van der Waals surface area contributed by atoms with Crippen molar-refractivity contribution in [1.29, 1.82) is 0 Å². The molecule has 0 aromatic carbocycles. The maximum Gasteiger partial charge on any atom is 0.0543 e. The van der Waals surface area contributed by atoms with Crippen molar-refractivity contribution in [1.82, 2.24) is 0 Å². The Bertz CT molecular complexity index is 152. The number of ether oxygens (including phenoxy) is 1. The van der Waals surface area contributed by atoms with Crippen molar-refractivity contribution in [2.75, 3.05) is 13.2 Å². The fourth-order valence-corrected chi connectivity index (χ4v) is 2.72. The van der Waals surface area contributed by atoms with Crippen LogP contribution in [0.15, 0.2) is 0 Å². The average molecular weight is 184 g/mol. The van der Waals surface area contributed by atoms with Crippen LogP contribution in [0.25, 0.3) is 0 Å². The molecule has 0 aromatic heterocycles. The molecule has 1 saturated heterocycles. The van der Waals surface area contributed by atoms with Crippen LogP contribution in [0.4, 0.5) is 0 Å². The SMILES string of the molecule is OC1CCCCC(C2CCOC2)C1. The monoisotopic (exact) mass is 184 g/mol. The van der Waals surface area contributed by atoms with E-state index in [1.165, 1.54) is 25.7 Å². The Balaban J connectivity index is 1.88. The Hall–Kier alpha value is -0.0800. The predicted molar refractivity (Wildman–Crippen MR) is 51.5 cm³/mol. The highest BCUT2D eigenvalue weighted by molar-refractivity contribution is 4.78. The van der Waals surface area contributed by atoms with E-state index in [0.717, 1.165) is 37.9 Å². The van der Waals surface area contributed by atoms with Crippen LogP contribution in [0.2, 0.25) is 0 Å². The van der Waals surface area contributed by atoms with Crippen molar-refractivity contribution in [3.8, 4) is 0 Å². The van der Waals surface area contributed by atoms with E-state index in [2.05, 4.69) is 0 Å². The van der Waals surface area contributed by atoms with Gasteiger partial charge in [-0.15, -0.1) is 0 Å². The van der Waals surface area contributed by atoms with Crippen LogP contribution in [0.3, 0.4) is 0 Å². The lowest BCUT2D eigenvalue weighted by atomic mass is 9.85. The fourth-order valence-electron chi connectivity index (χ4n) is 2.72. The highest BCUT2D eigenvalue weighted by Crippen LogP contribution is 2.33. The van der Waals surface area contributed by atoms with Crippen LogP contribution in [0.5, 0.6) is 0 Å². The third kappa shape index (κ3) is 2.44. The lowest BCUT2D eigenvalue weighted by molar-refractivity contribution is 0.116. The summed E-state index contributed by atoms with van der Waals surface area (Å²) in [7, 11) is 0. The summed E-state index contributed by atoms with van der Waals surface area (Å²) in [5.74, 6) is 1.48. The fraction of sp³-hybridized carbons (Fsp3) is 1.00. The lowest BCUT2D eigenvalue weighted by Gasteiger charge is -2.21.